The van der Waals surface area contributed by atoms with E-state index < -0.39 is 11.7 Å². The van der Waals surface area contributed by atoms with Crippen LogP contribution < -0.4 is 4.74 Å². The first kappa shape index (κ1) is 15.8. The van der Waals surface area contributed by atoms with Crippen molar-refractivity contribution in [2.75, 3.05) is 26.8 Å². The lowest BCUT2D eigenvalue weighted by molar-refractivity contribution is -0.139. The summed E-state index contributed by atoms with van der Waals surface area (Å²) in [6.45, 7) is 2.39. The minimum atomic E-state index is -4.42. The van der Waals surface area contributed by atoms with Gasteiger partial charge in [0.25, 0.3) is 0 Å². The predicted octanol–water partition coefficient (Wildman–Crippen LogP) is 2.40. The van der Waals surface area contributed by atoms with Crippen molar-refractivity contribution in [3.8, 4) is 5.75 Å². The largest absolute Gasteiger partial charge is 0.492 e. The number of nitrogens with zero attached hydrogens (tertiary/aromatic N) is 1. The minimum absolute atomic E-state index is 0.00433. The van der Waals surface area contributed by atoms with Crippen LogP contribution in [0.15, 0.2) is 24.3 Å². The molecule has 6 heteroatoms. The molecule has 0 amide bonds. The lowest BCUT2D eigenvalue weighted by Gasteiger charge is -2.23. The summed E-state index contributed by atoms with van der Waals surface area (Å²) in [5, 5.41) is 8.94. The first-order valence-electron chi connectivity index (χ1n) is 5.96. The van der Waals surface area contributed by atoms with Crippen LogP contribution in [0.2, 0.25) is 0 Å². The predicted molar refractivity (Wildman–Crippen MR) is 66.1 cm³/mol. The van der Waals surface area contributed by atoms with Crippen LogP contribution in [0.1, 0.15) is 12.5 Å². The van der Waals surface area contributed by atoms with Gasteiger partial charge in [-0.2, -0.15) is 13.2 Å². The normalized spacial score (nSPS) is 13.6. The minimum Gasteiger partial charge on any atom is -0.492 e. The highest BCUT2D eigenvalue weighted by atomic mass is 19.4. The monoisotopic (exact) mass is 277 g/mol. The van der Waals surface area contributed by atoms with Gasteiger partial charge < -0.3 is 9.84 Å². The van der Waals surface area contributed by atoms with Crippen molar-refractivity contribution in [2.24, 2.45) is 0 Å². The Labute approximate surface area is 110 Å². The molecule has 0 radical (unpaired) electrons. The molecule has 19 heavy (non-hydrogen) atoms. The van der Waals surface area contributed by atoms with Gasteiger partial charge in [0, 0.05) is 12.6 Å². The molecule has 0 heterocycles. The quantitative estimate of drug-likeness (QED) is 0.866. The molecule has 0 saturated carbocycles. The molecule has 0 fully saturated rings. The van der Waals surface area contributed by atoms with Crippen molar-refractivity contribution < 1.29 is 23.0 Å². The number of para-hydroxylation sites is 1. The average Bonchev–Trinajstić information content (AvgIpc) is 2.37. The number of ether oxygens (including phenoxy) is 1. The van der Waals surface area contributed by atoms with Crippen molar-refractivity contribution in [3.05, 3.63) is 29.8 Å². The molecule has 0 bridgehead atoms. The molecule has 108 valence electrons. The third kappa shape index (κ3) is 4.72. The number of rotatable bonds is 6. The standard InChI is InChI=1S/C13H18F3NO2/c1-10(9-18)17(2)7-8-19-12-6-4-3-5-11(12)13(14,15)16/h3-6,10,18H,7-9H2,1-2H3. The van der Waals surface area contributed by atoms with E-state index in [9.17, 15) is 13.2 Å². The fourth-order valence-corrected chi connectivity index (χ4v) is 1.49. The molecule has 1 aromatic rings. The van der Waals surface area contributed by atoms with E-state index >= 15 is 0 Å². The van der Waals surface area contributed by atoms with Crippen molar-refractivity contribution >= 4 is 0 Å². The van der Waals surface area contributed by atoms with Crippen molar-refractivity contribution in [3.63, 3.8) is 0 Å². The molecule has 0 aliphatic heterocycles. The summed E-state index contributed by atoms with van der Waals surface area (Å²) in [5.74, 6) is -0.167. The molecule has 0 aliphatic carbocycles. The van der Waals surface area contributed by atoms with Gasteiger partial charge in [-0.25, -0.2) is 0 Å². The van der Waals surface area contributed by atoms with Gasteiger partial charge in [0.1, 0.15) is 12.4 Å². The summed E-state index contributed by atoms with van der Waals surface area (Å²) in [4.78, 5) is 1.82. The fraction of sp³-hybridized carbons (Fsp3) is 0.538. The van der Waals surface area contributed by atoms with Crippen LogP contribution in [-0.2, 0) is 6.18 Å². The van der Waals surface area contributed by atoms with E-state index in [1.807, 2.05) is 11.8 Å². The van der Waals surface area contributed by atoms with Crippen molar-refractivity contribution in [2.45, 2.75) is 19.1 Å². The molecule has 1 N–H and O–H groups in total. The zero-order valence-electron chi connectivity index (χ0n) is 10.9. The third-order valence-electron chi connectivity index (χ3n) is 2.91. The Balaban J connectivity index is 2.59. The molecular formula is C13H18F3NO2. The van der Waals surface area contributed by atoms with Crippen molar-refractivity contribution in [1.82, 2.24) is 4.90 Å². The summed E-state index contributed by atoms with van der Waals surface area (Å²) in [6, 6.07) is 5.08. The van der Waals surface area contributed by atoms with E-state index in [1.165, 1.54) is 18.2 Å². The van der Waals surface area contributed by atoms with E-state index in [0.29, 0.717) is 6.54 Å². The summed E-state index contributed by atoms with van der Waals surface area (Å²) in [7, 11) is 1.78. The fourth-order valence-electron chi connectivity index (χ4n) is 1.49. The second-order valence-electron chi connectivity index (χ2n) is 4.35. The molecule has 0 saturated heterocycles. The maximum Gasteiger partial charge on any atom is 0.419 e. The van der Waals surface area contributed by atoms with Crippen LogP contribution in [0, 0.1) is 0 Å². The number of aliphatic hydroxyl groups is 1. The van der Waals surface area contributed by atoms with Gasteiger partial charge in [0.2, 0.25) is 0 Å². The Morgan fingerprint density at radius 3 is 2.53 bits per heavy atom. The van der Waals surface area contributed by atoms with Gasteiger partial charge in [-0.15, -0.1) is 0 Å². The molecular weight excluding hydrogens is 259 g/mol. The first-order valence-corrected chi connectivity index (χ1v) is 5.96. The Kier molecular flexibility index (Phi) is 5.62. The summed E-state index contributed by atoms with van der Waals surface area (Å²) in [6.07, 6.45) is -4.42. The SMILES string of the molecule is CC(CO)N(C)CCOc1ccccc1C(F)(F)F. The number of likely N-dealkylation sites (N-methyl/N-ethyl adjacent to an activating group) is 1. The number of alkyl halides is 3. The first-order chi connectivity index (χ1) is 8.86. The van der Waals surface area contributed by atoms with Crippen LogP contribution in [0.4, 0.5) is 13.2 Å². The van der Waals surface area contributed by atoms with Gasteiger partial charge in [-0.3, -0.25) is 4.90 Å². The topological polar surface area (TPSA) is 32.7 Å². The maximum atomic E-state index is 12.7. The lowest BCUT2D eigenvalue weighted by Crippen LogP contribution is -2.35. The smallest absolute Gasteiger partial charge is 0.419 e. The summed E-state index contributed by atoms with van der Waals surface area (Å²) < 4.78 is 43.3. The number of aliphatic hydroxyl groups excluding tert-OH is 1. The Morgan fingerprint density at radius 2 is 1.95 bits per heavy atom. The van der Waals surface area contributed by atoms with Gasteiger partial charge in [0.05, 0.1) is 12.2 Å². The molecule has 0 spiro atoms. The Morgan fingerprint density at radius 1 is 1.32 bits per heavy atom. The Bertz CT molecular complexity index is 396. The van der Waals surface area contributed by atoms with Crippen molar-refractivity contribution in [1.29, 1.82) is 0 Å². The molecule has 1 rings (SSSR count). The molecule has 0 aromatic heterocycles. The van der Waals surface area contributed by atoms with Crippen LogP contribution >= 0.6 is 0 Å². The highest BCUT2D eigenvalue weighted by molar-refractivity contribution is 5.35. The number of hydrogen-bond donors (Lipinski definition) is 1. The maximum absolute atomic E-state index is 12.7. The van der Waals surface area contributed by atoms with Crippen LogP contribution in [-0.4, -0.2) is 42.9 Å². The molecule has 3 nitrogen and oxygen atoms in total. The zero-order valence-corrected chi connectivity index (χ0v) is 10.9. The van der Waals surface area contributed by atoms with E-state index in [0.717, 1.165) is 6.07 Å². The van der Waals surface area contributed by atoms with E-state index in [4.69, 9.17) is 9.84 Å². The second kappa shape index (κ2) is 6.77. The zero-order chi connectivity index (χ0) is 14.5. The summed E-state index contributed by atoms with van der Waals surface area (Å²) >= 11 is 0. The van der Waals surface area contributed by atoms with Gasteiger partial charge in [-0.1, -0.05) is 12.1 Å². The highest BCUT2D eigenvalue weighted by Gasteiger charge is 2.33. The second-order valence-corrected chi connectivity index (χ2v) is 4.35. The molecule has 1 atom stereocenters. The van der Waals surface area contributed by atoms with Crippen LogP contribution in [0.25, 0.3) is 0 Å². The number of halogens is 3. The van der Waals surface area contributed by atoms with Gasteiger partial charge in [-0.05, 0) is 26.1 Å². The lowest BCUT2D eigenvalue weighted by atomic mass is 10.2. The number of benzene rings is 1. The van der Waals surface area contributed by atoms with Crippen LogP contribution in [0.3, 0.4) is 0 Å². The Hall–Kier alpha value is -1.27. The van der Waals surface area contributed by atoms with Gasteiger partial charge in [0.15, 0.2) is 0 Å². The van der Waals surface area contributed by atoms with E-state index in [-0.39, 0.29) is 25.0 Å². The number of hydrogen-bond acceptors (Lipinski definition) is 3. The van der Waals surface area contributed by atoms with Gasteiger partial charge >= 0.3 is 6.18 Å². The van der Waals surface area contributed by atoms with E-state index in [1.54, 1.807) is 7.05 Å². The third-order valence-corrected chi connectivity index (χ3v) is 2.91. The highest BCUT2D eigenvalue weighted by Crippen LogP contribution is 2.35. The average molecular weight is 277 g/mol. The molecule has 0 aliphatic rings. The van der Waals surface area contributed by atoms with Crippen LogP contribution in [0.5, 0.6) is 5.75 Å². The van der Waals surface area contributed by atoms with E-state index in [2.05, 4.69) is 0 Å². The molecule has 1 aromatic carbocycles. The molecule has 1 unspecified atom stereocenters. The summed E-state index contributed by atoms with van der Waals surface area (Å²) in [5.41, 5.74) is -0.771.